The van der Waals surface area contributed by atoms with Gasteiger partial charge < -0.3 is 10.4 Å². The number of hydrogen-bond donors (Lipinski definition) is 2. The number of anilines is 1. The first-order valence-electron chi connectivity index (χ1n) is 5.71. The fraction of sp³-hybridized carbons (Fsp3) is 0.143. The molecule has 1 amide bonds. The summed E-state index contributed by atoms with van der Waals surface area (Å²) in [7, 11) is 0. The molecule has 0 saturated carbocycles. The highest BCUT2D eigenvalue weighted by molar-refractivity contribution is 6.29. The van der Waals surface area contributed by atoms with Gasteiger partial charge in [-0.05, 0) is 49.7 Å². The molecular formula is C14H13ClN2O2. The van der Waals surface area contributed by atoms with Gasteiger partial charge in [-0.15, -0.1) is 0 Å². The van der Waals surface area contributed by atoms with Gasteiger partial charge in [0.1, 0.15) is 10.9 Å². The van der Waals surface area contributed by atoms with E-state index in [-0.39, 0.29) is 11.7 Å². The highest BCUT2D eigenvalue weighted by Gasteiger charge is 2.11. The molecule has 2 rings (SSSR count). The zero-order valence-corrected chi connectivity index (χ0v) is 11.3. The number of carbonyl (C=O) groups excluding carboxylic acids is 1. The Hall–Kier alpha value is -2.07. The minimum atomic E-state index is -0.246. The summed E-state index contributed by atoms with van der Waals surface area (Å²) in [6.45, 7) is 3.53. The van der Waals surface area contributed by atoms with Crippen molar-refractivity contribution in [3.63, 3.8) is 0 Å². The Morgan fingerprint density at radius 2 is 2.00 bits per heavy atom. The maximum Gasteiger partial charge on any atom is 0.255 e. The molecule has 4 nitrogen and oxygen atoms in total. The lowest BCUT2D eigenvalue weighted by Gasteiger charge is -2.10. The van der Waals surface area contributed by atoms with E-state index in [0.717, 1.165) is 0 Å². The molecule has 0 saturated heterocycles. The minimum absolute atomic E-state index is 0.137. The number of rotatable bonds is 2. The summed E-state index contributed by atoms with van der Waals surface area (Å²) in [6, 6.07) is 7.93. The molecule has 0 spiro atoms. The van der Waals surface area contributed by atoms with Crippen LogP contribution in [0.3, 0.4) is 0 Å². The van der Waals surface area contributed by atoms with E-state index in [1.165, 1.54) is 6.07 Å². The highest BCUT2D eigenvalue weighted by atomic mass is 35.5. The Bertz CT molecular complexity index is 641. The van der Waals surface area contributed by atoms with Gasteiger partial charge in [0, 0.05) is 5.56 Å². The van der Waals surface area contributed by atoms with Crippen LogP contribution >= 0.6 is 11.6 Å². The van der Waals surface area contributed by atoms with E-state index in [1.54, 1.807) is 38.1 Å². The number of phenolic OH excluding ortho intramolecular Hbond substituents is 1. The maximum absolute atomic E-state index is 12.1. The number of aromatic hydroxyl groups is 1. The summed E-state index contributed by atoms with van der Waals surface area (Å²) in [5.74, 6) is -0.108. The summed E-state index contributed by atoms with van der Waals surface area (Å²) in [6.07, 6.45) is 0. The van der Waals surface area contributed by atoms with Crippen molar-refractivity contribution in [1.29, 1.82) is 0 Å². The minimum Gasteiger partial charge on any atom is -0.508 e. The van der Waals surface area contributed by atoms with E-state index in [1.807, 2.05) is 0 Å². The molecule has 0 atom stereocenters. The lowest BCUT2D eigenvalue weighted by molar-refractivity contribution is 0.102. The number of amides is 1. The Kier molecular flexibility index (Phi) is 3.71. The lowest BCUT2D eigenvalue weighted by Crippen LogP contribution is -2.14. The number of nitrogens with zero attached hydrogens (tertiary/aromatic N) is 1. The number of phenols is 1. The molecule has 0 radical (unpaired) electrons. The monoisotopic (exact) mass is 276 g/mol. The van der Waals surface area contributed by atoms with Crippen LogP contribution in [0.1, 0.15) is 21.6 Å². The zero-order chi connectivity index (χ0) is 14.0. The predicted octanol–water partition coefficient (Wildman–Crippen LogP) is 3.31. The standard InChI is InChI=1S/C14H13ClN2O2/c1-8-7-10(18)3-4-11(8)14(19)17-12-5-6-13(15)16-9(12)2/h3-7,18H,1-2H3,(H,17,19). The van der Waals surface area contributed by atoms with E-state index in [0.29, 0.717) is 27.7 Å². The summed E-state index contributed by atoms with van der Waals surface area (Å²) in [4.78, 5) is 16.2. The number of nitrogens with one attached hydrogen (secondary N) is 1. The summed E-state index contributed by atoms with van der Waals surface area (Å²) in [5, 5.41) is 12.5. The molecule has 98 valence electrons. The van der Waals surface area contributed by atoms with Gasteiger partial charge in [0.05, 0.1) is 11.4 Å². The van der Waals surface area contributed by atoms with E-state index < -0.39 is 0 Å². The average Bonchev–Trinajstić information content (AvgIpc) is 2.32. The first-order chi connectivity index (χ1) is 8.97. The highest BCUT2D eigenvalue weighted by Crippen LogP contribution is 2.19. The maximum atomic E-state index is 12.1. The van der Waals surface area contributed by atoms with Crippen molar-refractivity contribution in [1.82, 2.24) is 4.98 Å². The van der Waals surface area contributed by atoms with Crippen LogP contribution in [0, 0.1) is 13.8 Å². The third kappa shape index (κ3) is 3.03. The Morgan fingerprint density at radius 3 is 2.63 bits per heavy atom. The fourth-order valence-corrected chi connectivity index (χ4v) is 1.94. The number of halogens is 1. The smallest absolute Gasteiger partial charge is 0.255 e. The van der Waals surface area contributed by atoms with Crippen LogP contribution in [0.15, 0.2) is 30.3 Å². The van der Waals surface area contributed by atoms with Crippen molar-refractivity contribution in [2.45, 2.75) is 13.8 Å². The molecule has 1 aromatic carbocycles. The molecule has 0 aliphatic rings. The molecule has 0 unspecified atom stereocenters. The largest absolute Gasteiger partial charge is 0.508 e. The van der Waals surface area contributed by atoms with Crippen LogP contribution in [0.2, 0.25) is 5.15 Å². The number of aryl methyl sites for hydroxylation is 2. The molecule has 2 aromatic rings. The molecule has 19 heavy (non-hydrogen) atoms. The molecule has 0 aliphatic heterocycles. The summed E-state index contributed by atoms with van der Waals surface area (Å²) in [5.41, 5.74) is 2.48. The van der Waals surface area contributed by atoms with E-state index >= 15 is 0 Å². The first-order valence-corrected chi connectivity index (χ1v) is 6.09. The van der Waals surface area contributed by atoms with Gasteiger partial charge in [-0.3, -0.25) is 4.79 Å². The molecule has 0 aliphatic carbocycles. The van der Waals surface area contributed by atoms with Crippen LogP contribution in [0.4, 0.5) is 5.69 Å². The number of aromatic nitrogens is 1. The van der Waals surface area contributed by atoms with E-state index in [2.05, 4.69) is 10.3 Å². The SMILES string of the molecule is Cc1cc(O)ccc1C(=O)Nc1ccc(Cl)nc1C. The third-order valence-corrected chi connectivity index (χ3v) is 2.97. The van der Waals surface area contributed by atoms with Crippen LogP contribution in [-0.2, 0) is 0 Å². The third-order valence-electron chi connectivity index (χ3n) is 2.75. The molecule has 1 aromatic heterocycles. The molecule has 1 heterocycles. The van der Waals surface area contributed by atoms with Crippen molar-refractivity contribution in [2.75, 3.05) is 5.32 Å². The van der Waals surface area contributed by atoms with Gasteiger partial charge in [0.2, 0.25) is 0 Å². The second-order valence-electron chi connectivity index (χ2n) is 4.22. The first kappa shape index (κ1) is 13.4. The van der Waals surface area contributed by atoms with Gasteiger partial charge in [-0.1, -0.05) is 11.6 Å². The number of hydrogen-bond acceptors (Lipinski definition) is 3. The summed E-state index contributed by atoms with van der Waals surface area (Å²) >= 11 is 5.76. The Balaban J connectivity index is 2.25. The Labute approximate surface area is 116 Å². The number of pyridine rings is 1. The Morgan fingerprint density at radius 1 is 1.26 bits per heavy atom. The van der Waals surface area contributed by atoms with Crippen molar-refractivity contribution in [2.24, 2.45) is 0 Å². The second kappa shape index (κ2) is 5.28. The average molecular weight is 277 g/mol. The molecule has 0 bridgehead atoms. The van der Waals surface area contributed by atoms with Gasteiger partial charge in [-0.2, -0.15) is 0 Å². The van der Waals surface area contributed by atoms with Crippen LogP contribution in [-0.4, -0.2) is 16.0 Å². The lowest BCUT2D eigenvalue weighted by atomic mass is 10.1. The normalized spacial score (nSPS) is 10.3. The van der Waals surface area contributed by atoms with Crippen molar-refractivity contribution >= 4 is 23.2 Å². The molecule has 5 heteroatoms. The molecule has 2 N–H and O–H groups in total. The van der Waals surface area contributed by atoms with Crippen molar-refractivity contribution in [3.8, 4) is 5.75 Å². The number of benzene rings is 1. The van der Waals surface area contributed by atoms with E-state index in [4.69, 9.17) is 11.6 Å². The fourth-order valence-electron chi connectivity index (χ4n) is 1.75. The van der Waals surface area contributed by atoms with Crippen molar-refractivity contribution in [3.05, 3.63) is 52.3 Å². The topological polar surface area (TPSA) is 62.2 Å². The summed E-state index contributed by atoms with van der Waals surface area (Å²) < 4.78 is 0. The quantitative estimate of drug-likeness (QED) is 0.827. The van der Waals surface area contributed by atoms with Gasteiger partial charge in [0.15, 0.2) is 0 Å². The molecule has 0 fully saturated rings. The molecular weight excluding hydrogens is 264 g/mol. The second-order valence-corrected chi connectivity index (χ2v) is 4.61. The van der Waals surface area contributed by atoms with Crippen LogP contribution in [0.5, 0.6) is 5.75 Å². The van der Waals surface area contributed by atoms with Crippen LogP contribution < -0.4 is 5.32 Å². The van der Waals surface area contributed by atoms with Crippen molar-refractivity contribution < 1.29 is 9.90 Å². The van der Waals surface area contributed by atoms with E-state index in [9.17, 15) is 9.90 Å². The van der Waals surface area contributed by atoms with Gasteiger partial charge in [0.25, 0.3) is 5.91 Å². The van der Waals surface area contributed by atoms with Gasteiger partial charge in [-0.25, -0.2) is 4.98 Å². The van der Waals surface area contributed by atoms with Gasteiger partial charge >= 0.3 is 0 Å². The number of carbonyl (C=O) groups is 1. The zero-order valence-electron chi connectivity index (χ0n) is 10.6. The predicted molar refractivity (Wildman–Crippen MR) is 74.8 cm³/mol. The van der Waals surface area contributed by atoms with Crippen LogP contribution in [0.25, 0.3) is 0 Å².